The van der Waals surface area contributed by atoms with Crippen molar-refractivity contribution in [2.45, 2.75) is 25.8 Å². The Labute approximate surface area is 103 Å². The molecule has 0 saturated heterocycles. The highest BCUT2D eigenvalue weighted by Crippen LogP contribution is 2.21. The highest BCUT2D eigenvalue weighted by Gasteiger charge is 2.23. The number of carbonyl (C=O) groups is 1. The molecule has 0 aliphatic carbocycles. The third kappa shape index (κ3) is 2.34. The fourth-order valence-corrected chi connectivity index (χ4v) is 1.72. The number of aromatic nitrogens is 5. The number of carboxylic acids is 1. The monoisotopic (exact) mass is 247 g/mol. The van der Waals surface area contributed by atoms with E-state index < -0.39 is 12.0 Å². The molecule has 2 aromatic rings. The molecular weight excluding hydrogens is 234 g/mol. The van der Waals surface area contributed by atoms with E-state index in [1.807, 2.05) is 6.92 Å². The molecule has 0 fully saturated rings. The number of aliphatic carboxylic acids is 1. The lowest BCUT2D eigenvalue weighted by Gasteiger charge is -2.12. The molecule has 0 saturated carbocycles. The average Bonchev–Trinajstić information content (AvgIpc) is 2.85. The number of rotatable bonds is 5. The van der Waals surface area contributed by atoms with Gasteiger partial charge in [0.05, 0.1) is 0 Å². The summed E-state index contributed by atoms with van der Waals surface area (Å²) < 4.78 is 1.35. The van der Waals surface area contributed by atoms with Gasteiger partial charge < -0.3 is 5.11 Å². The van der Waals surface area contributed by atoms with Crippen molar-refractivity contribution in [2.24, 2.45) is 0 Å². The molecule has 2 aromatic heterocycles. The first-order chi connectivity index (χ1) is 8.74. The maximum Gasteiger partial charge on any atom is 0.328 e. The first-order valence-corrected chi connectivity index (χ1v) is 5.65. The normalized spacial score (nSPS) is 12.3. The van der Waals surface area contributed by atoms with Gasteiger partial charge in [-0.3, -0.25) is 4.98 Å². The van der Waals surface area contributed by atoms with Crippen molar-refractivity contribution < 1.29 is 9.90 Å². The Bertz CT molecular complexity index is 525. The molecule has 0 spiro atoms. The predicted octanol–water partition coefficient (Wildman–Crippen LogP) is 1.16. The van der Waals surface area contributed by atoms with Crippen LogP contribution in [0.1, 0.15) is 25.8 Å². The van der Waals surface area contributed by atoms with Crippen LogP contribution in [0.4, 0.5) is 0 Å². The summed E-state index contributed by atoms with van der Waals surface area (Å²) in [5.41, 5.74) is 0.748. The van der Waals surface area contributed by atoms with E-state index >= 15 is 0 Å². The number of tetrazole rings is 1. The van der Waals surface area contributed by atoms with E-state index in [2.05, 4.69) is 20.5 Å². The third-order valence-corrected chi connectivity index (χ3v) is 2.57. The van der Waals surface area contributed by atoms with Gasteiger partial charge in [0.25, 0.3) is 0 Å². The van der Waals surface area contributed by atoms with Gasteiger partial charge in [0.1, 0.15) is 0 Å². The fraction of sp³-hybridized carbons (Fsp3) is 0.364. The Morgan fingerprint density at radius 3 is 2.78 bits per heavy atom. The number of hydrogen-bond acceptors (Lipinski definition) is 5. The van der Waals surface area contributed by atoms with Crippen LogP contribution in [0, 0.1) is 0 Å². The molecule has 0 radical (unpaired) electrons. The summed E-state index contributed by atoms with van der Waals surface area (Å²) in [5.74, 6) is -0.488. The van der Waals surface area contributed by atoms with Gasteiger partial charge >= 0.3 is 5.97 Å². The molecule has 0 aliphatic rings. The van der Waals surface area contributed by atoms with Crippen molar-refractivity contribution in [2.75, 3.05) is 0 Å². The fourth-order valence-electron chi connectivity index (χ4n) is 1.72. The van der Waals surface area contributed by atoms with Crippen LogP contribution in [0.15, 0.2) is 24.5 Å². The molecule has 0 amide bonds. The van der Waals surface area contributed by atoms with Crippen molar-refractivity contribution in [1.82, 2.24) is 25.2 Å². The van der Waals surface area contributed by atoms with Gasteiger partial charge in [0.15, 0.2) is 11.9 Å². The second-order valence-corrected chi connectivity index (χ2v) is 3.83. The zero-order valence-electron chi connectivity index (χ0n) is 9.89. The van der Waals surface area contributed by atoms with E-state index in [1.165, 1.54) is 4.68 Å². The van der Waals surface area contributed by atoms with Crippen molar-refractivity contribution in [3.8, 4) is 11.4 Å². The summed E-state index contributed by atoms with van der Waals surface area (Å²) >= 11 is 0. The lowest BCUT2D eigenvalue weighted by molar-refractivity contribution is -0.141. The molecule has 7 nitrogen and oxygen atoms in total. The Kier molecular flexibility index (Phi) is 3.61. The van der Waals surface area contributed by atoms with Gasteiger partial charge in [-0.25, -0.2) is 9.48 Å². The van der Waals surface area contributed by atoms with Crippen LogP contribution in [-0.2, 0) is 4.79 Å². The lowest BCUT2D eigenvalue weighted by atomic mass is 10.1. The average molecular weight is 247 g/mol. The Hall–Kier alpha value is -2.31. The second-order valence-electron chi connectivity index (χ2n) is 3.83. The highest BCUT2D eigenvalue weighted by atomic mass is 16.4. The first kappa shape index (κ1) is 12.2. The topological polar surface area (TPSA) is 93.8 Å². The summed E-state index contributed by atoms with van der Waals surface area (Å²) in [6, 6.07) is 2.74. The molecule has 1 N–H and O–H groups in total. The molecule has 18 heavy (non-hydrogen) atoms. The quantitative estimate of drug-likeness (QED) is 0.852. The van der Waals surface area contributed by atoms with Crippen LogP contribution in [0.2, 0.25) is 0 Å². The van der Waals surface area contributed by atoms with Crippen LogP contribution in [0.5, 0.6) is 0 Å². The molecule has 0 bridgehead atoms. The summed E-state index contributed by atoms with van der Waals surface area (Å²) in [5, 5.41) is 20.5. The van der Waals surface area contributed by atoms with Crippen molar-refractivity contribution in [1.29, 1.82) is 0 Å². The largest absolute Gasteiger partial charge is 0.480 e. The Balaban J connectivity index is 2.41. The minimum absolute atomic E-state index is 0.443. The van der Waals surface area contributed by atoms with E-state index in [1.54, 1.807) is 24.5 Å². The maximum atomic E-state index is 11.2. The SMILES string of the molecule is CCCC(C(=O)O)n1nnnc1-c1ccncc1. The van der Waals surface area contributed by atoms with Gasteiger partial charge in [-0.15, -0.1) is 5.10 Å². The van der Waals surface area contributed by atoms with E-state index in [-0.39, 0.29) is 0 Å². The Morgan fingerprint density at radius 1 is 1.44 bits per heavy atom. The van der Waals surface area contributed by atoms with Gasteiger partial charge in [0.2, 0.25) is 0 Å². The number of hydrogen-bond donors (Lipinski definition) is 1. The molecule has 0 aromatic carbocycles. The van der Waals surface area contributed by atoms with Crippen molar-refractivity contribution >= 4 is 5.97 Å². The highest BCUT2D eigenvalue weighted by molar-refractivity contribution is 5.72. The number of carboxylic acid groups (broad SMARTS) is 1. The minimum atomic E-state index is -0.931. The summed E-state index contributed by atoms with van der Waals surface area (Å²) in [6.07, 6.45) is 4.46. The zero-order valence-corrected chi connectivity index (χ0v) is 9.89. The van der Waals surface area contributed by atoms with Crippen LogP contribution < -0.4 is 0 Å². The van der Waals surface area contributed by atoms with Gasteiger partial charge in [-0.2, -0.15) is 0 Å². The maximum absolute atomic E-state index is 11.2. The van der Waals surface area contributed by atoms with Gasteiger partial charge in [0, 0.05) is 18.0 Å². The number of pyridine rings is 1. The Morgan fingerprint density at radius 2 is 2.17 bits per heavy atom. The van der Waals surface area contributed by atoms with Crippen LogP contribution in [0.3, 0.4) is 0 Å². The molecular formula is C11H13N5O2. The summed E-state index contributed by atoms with van der Waals surface area (Å²) in [4.78, 5) is 15.1. The molecule has 1 unspecified atom stereocenters. The van der Waals surface area contributed by atoms with E-state index in [4.69, 9.17) is 0 Å². The van der Waals surface area contributed by atoms with Gasteiger partial charge in [-0.05, 0) is 29.0 Å². The predicted molar refractivity (Wildman–Crippen MR) is 62.6 cm³/mol. The summed E-state index contributed by atoms with van der Waals surface area (Å²) in [6.45, 7) is 1.92. The van der Waals surface area contributed by atoms with Crippen LogP contribution >= 0.6 is 0 Å². The molecule has 2 rings (SSSR count). The van der Waals surface area contributed by atoms with Gasteiger partial charge in [-0.1, -0.05) is 13.3 Å². The second kappa shape index (κ2) is 5.35. The first-order valence-electron chi connectivity index (χ1n) is 5.65. The molecule has 0 aliphatic heterocycles. The number of nitrogens with zero attached hydrogens (tertiary/aromatic N) is 5. The van der Waals surface area contributed by atoms with Crippen molar-refractivity contribution in [3.63, 3.8) is 0 Å². The lowest BCUT2D eigenvalue weighted by Crippen LogP contribution is -2.21. The van der Waals surface area contributed by atoms with E-state index in [0.29, 0.717) is 12.2 Å². The molecule has 7 heteroatoms. The van der Waals surface area contributed by atoms with Crippen molar-refractivity contribution in [3.05, 3.63) is 24.5 Å². The van der Waals surface area contributed by atoms with Crippen LogP contribution in [0.25, 0.3) is 11.4 Å². The molecule has 1 atom stereocenters. The minimum Gasteiger partial charge on any atom is -0.480 e. The molecule has 2 heterocycles. The van der Waals surface area contributed by atoms with E-state index in [9.17, 15) is 9.90 Å². The van der Waals surface area contributed by atoms with Crippen LogP contribution in [-0.4, -0.2) is 36.3 Å². The smallest absolute Gasteiger partial charge is 0.328 e. The summed E-state index contributed by atoms with van der Waals surface area (Å²) in [7, 11) is 0. The zero-order chi connectivity index (χ0) is 13.0. The standard InChI is InChI=1S/C11H13N5O2/c1-2-3-9(11(17)18)16-10(13-14-15-16)8-4-6-12-7-5-8/h4-7,9H,2-3H2,1H3,(H,17,18). The third-order valence-electron chi connectivity index (χ3n) is 2.57. The molecule has 94 valence electrons. The van der Waals surface area contributed by atoms with E-state index in [0.717, 1.165) is 12.0 Å².